The van der Waals surface area contributed by atoms with Crippen LogP contribution in [0.5, 0.6) is 0 Å². The average Bonchev–Trinajstić information content (AvgIpc) is 3.01. The second kappa shape index (κ2) is 6.23. The van der Waals surface area contributed by atoms with Crippen LogP contribution in [0.3, 0.4) is 0 Å². The fourth-order valence-corrected chi connectivity index (χ4v) is 2.84. The lowest BCUT2D eigenvalue weighted by Gasteiger charge is -2.32. The Kier molecular flexibility index (Phi) is 4.51. The van der Waals surface area contributed by atoms with E-state index >= 15 is 0 Å². The first kappa shape index (κ1) is 18.1. The molecule has 0 spiro atoms. The molecule has 5 nitrogen and oxygen atoms in total. The predicted molar refractivity (Wildman–Crippen MR) is 96.3 cm³/mol. The van der Waals surface area contributed by atoms with Crippen LogP contribution in [0.2, 0.25) is 5.02 Å². The van der Waals surface area contributed by atoms with Gasteiger partial charge in [0.1, 0.15) is 11.4 Å². The highest BCUT2D eigenvalue weighted by Gasteiger charge is 2.53. The van der Waals surface area contributed by atoms with E-state index in [2.05, 4.69) is 10.3 Å². The summed E-state index contributed by atoms with van der Waals surface area (Å²) in [7, 11) is -1.06. The molecule has 1 aromatic heterocycles. The van der Waals surface area contributed by atoms with E-state index in [0.29, 0.717) is 16.4 Å². The minimum atomic E-state index is -1.06. The van der Waals surface area contributed by atoms with E-state index in [4.69, 9.17) is 20.9 Å². The van der Waals surface area contributed by atoms with Crippen molar-refractivity contribution >= 4 is 24.8 Å². The second-order valence-corrected chi connectivity index (χ2v) is 7.52. The van der Waals surface area contributed by atoms with Crippen molar-refractivity contribution in [2.45, 2.75) is 45.8 Å². The maximum absolute atomic E-state index is 14.6. The smallest absolute Gasteiger partial charge is 0.398 e. The summed E-state index contributed by atoms with van der Waals surface area (Å²) in [5.41, 5.74) is 0.254. The Labute approximate surface area is 151 Å². The van der Waals surface area contributed by atoms with E-state index in [-0.39, 0.29) is 0 Å². The first-order valence-corrected chi connectivity index (χ1v) is 8.39. The molecule has 0 bridgehead atoms. The molecule has 132 valence electrons. The Morgan fingerprint density at radius 3 is 2.48 bits per heavy atom. The van der Waals surface area contributed by atoms with Crippen LogP contribution in [0.25, 0.3) is 11.8 Å². The number of nitrogens with zero attached hydrogens (tertiary/aromatic N) is 3. The molecule has 0 unspecified atom stereocenters. The average molecular weight is 364 g/mol. The highest BCUT2D eigenvalue weighted by atomic mass is 35.5. The zero-order chi connectivity index (χ0) is 18.4. The van der Waals surface area contributed by atoms with Crippen molar-refractivity contribution in [2.24, 2.45) is 0 Å². The summed E-state index contributed by atoms with van der Waals surface area (Å²) in [5, 5.41) is 8.57. The number of halogens is 2. The Morgan fingerprint density at radius 2 is 1.88 bits per heavy atom. The summed E-state index contributed by atoms with van der Waals surface area (Å²) >= 11 is 6.23. The molecule has 1 aliphatic rings. The molecule has 0 amide bonds. The number of rotatable bonds is 3. The van der Waals surface area contributed by atoms with Gasteiger partial charge < -0.3 is 9.31 Å². The van der Waals surface area contributed by atoms with Gasteiger partial charge >= 0.3 is 7.12 Å². The molecule has 0 radical (unpaired) electrons. The molecule has 1 fully saturated rings. The third kappa shape index (κ3) is 3.36. The minimum Gasteiger partial charge on any atom is -0.398 e. The van der Waals surface area contributed by atoms with Crippen molar-refractivity contribution in [3.63, 3.8) is 0 Å². The van der Waals surface area contributed by atoms with Crippen molar-refractivity contribution in [3.8, 4) is 5.69 Å². The standard InChI is InChI=1S/C17H20BClFN3O2/c1-11-7-6-8-13(19)15(11)23-10-12(21-22-23)9-14(20)18-24-16(2,3)17(4,5)25-18/h6-10H,1-5H3. The number of hydrogen-bond donors (Lipinski definition) is 0. The van der Waals surface area contributed by atoms with Crippen LogP contribution in [0.4, 0.5) is 4.39 Å². The quantitative estimate of drug-likeness (QED) is 0.768. The van der Waals surface area contributed by atoms with Gasteiger partial charge in [-0.15, -0.1) is 5.10 Å². The highest BCUT2D eigenvalue weighted by molar-refractivity contribution is 6.54. The summed E-state index contributed by atoms with van der Waals surface area (Å²) in [6.45, 7) is 9.41. The lowest BCUT2D eigenvalue weighted by Crippen LogP contribution is -2.41. The van der Waals surface area contributed by atoms with Gasteiger partial charge in [-0.3, -0.25) is 0 Å². The number of para-hydroxylation sites is 1. The van der Waals surface area contributed by atoms with Crippen LogP contribution >= 0.6 is 11.6 Å². The molecule has 8 heteroatoms. The normalized spacial score (nSPS) is 19.5. The first-order chi connectivity index (χ1) is 11.6. The summed E-state index contributed by atoms with van der Waals surface area (Å²) in [6, 6.07) is 5.55. The fourth-order valence-electron chi connectivity index (χ4n) is 2.53. The first-order valence-electron chi connectivity index (χ1n) is 8.01. The number of benzene rings is 1. The molecule has 2 heterocycles. The molecule has 0 atom stereocenters. The maximum Gasteiger partial charge on any atom is 0.525 e. The summed E-state index contributed by atoms with van der Waals surface area (Å²) in [6.07, 6.45) is 2.87. The van der Waals surface area contributed by atoms with E-state index in [1.165, 1.54) is 10.8 Å². The second-order valence-electron chi connectivity index (χ2n) is 7.11. The van der Waals surface area contributed by atoms with Crippen LogP contribution < -0.4 is 0 Å². The van der Waals surface area contributed by atoms with Gasteiger partial charge in [-0.1, -0.05) is 28.9 Å². The minimum absolute atomic E-state index is 0.353. The molecular weight excluding hydrogens is 343 g/mol. The van der Waals surface area contributed by atoms with Crippen LogP contribution in [-0.4, -0.2) is 33.3 Å². The fraction of sp³-hybridized carbons (Fsp3) is 0.412. The molecule has 2 aromatic rings. The van der Waals surface area contributed by atoms with Crippen molar-refractivity contribution < 1.29 is 13.7 Å². The third-order valence-electron chi connectivity index (χ3n) is 4.69. The lowest BCUT2D eigenvalue weighted by molar-refractivity contribution is 0.00578. The van der Waals surface area contributed by atoms with E-state index in [1.807, 2.05) is 46.8 Å². The van der Waals surface area contributed by atoms with E-state index in [9.17, 15) is 4.39 Å². The number of aryl methyl sites for hydroxylation is 1. The Bertz CT molecular complexity index is 799. The Balaban J connectivity index is 1.85. The molecular formula is C17H20BClFN3O2. The van der Waals surface area contributed by atoms with Gasteiger partial charge in [0.15, 0.2) is 0 Å². The lowest BCUT2D eigenvalue weighted by atomic mass is 9.87. The van der Waals surface area contributed by atoms with Gasteiger partial charge in [0.25, 0.3) is 0 Å². The maximum atomic E-state index is 14.6. The van der Waals surface area contributed by atoms with Crippen LogP contribution in [-0.2, 0) is 9.31 Å². The number of hydrogen-bond acceptors (Lipinski definition) is 4. The summed E-state index contributed by atoms with van der Waals surface area (Å²) < 4.78 is 27.5. The molecule has 25 heavy (non-hydrogen) atoms. The van der Waals surface area contributed by atoms with Crippen molar-refractivity contribution in [2.75, 3.05) is 0 Å². The molecule has 0 saturated carbocycles. The molecule has 0 aliphatic carbocycles. The predicted octanol–water partition coefficient (Wildman–Crippen LogP) is 4.17. The highest BCUT2D eigenvalue weighted by Crippen LogP contribution is 2.39. The van der Waals surface area contributed by atoms with Gasteiger partial charge in [-0.25, -0.2) is 9.07 Å². The zero-order valence-corrected chi connectivity index (χ0v) is 15.6. The Hall–Kier alpha value is -1.70. The van der Waals surface area contributed by atoms with E-state index < -0.39 is 24.0 Å². The van der Waals surface area contributed by atoms with Crippen LogP contribution in [0, 0.1) is 6.92 Å². The van der Waals surface area contributed by atoms with Crippen molar-refractivity contribution in [1.82, 2.24) is 15.0 Å². The van der Waals surface area contributed by atoms with Gasteiger partial charge in [-0.05, 0) is 52.3 Å². The summed E-state index contributed by atoms with van der Waals surface area (Å²) in [5.74, 6) is 0. The van der Waals surface area contributed by atoms with Crippen molar-refractivity contribution in [3.05, 3.63) is 46.4 Å². The molecule has 1 aliphatic heterocycles. The van der Waals surface area contributed by atoms with Crippen LogP contribution in [0.1, 0.15) is 39.0 Å². The summed E-state index contributed by atoms with van der Waals surface area (Å²) in [4.78, 5) is 0. The van der Waals surface area contributed by atoms with Gasteiger partial charge in [0.2, 0.25) is 0 Å². The van der Waals surface area contributed by atoms with Gasteiger partial charge in [-0.2, -0.15) is 0 Å². The van der Waals surface area contributed by atoms with Crippen LogP contribution in [0.15, 0.2) is 30.1 Å². The molecule has 1 saturated heterocycles. The monoisotopic (exact) mass is 363 g/mol. The van der Waals surface area contributed by atoms with E-state index in [0.717, 1.165) is 5.56 Å². The largest absolute Gasteiger partial charge is 0.525 e. The SMILES string of the molecule is Cc1cccc(Cl)c1-n1cc(C=C(F)B2OC(C)(C)C(C)(C)O2)nn1. The Morgan fingerprint density at radius 1 is 1.24 bits per heavy atom. The molecule has 3 rings (SSSR count). The molecule has 1 aromatic carbocycles. The molecule has 0 N–H and O–H groups in total. The topological polar surface area (TPSA) is 49.2 Å². The van der Waals surface area contributed by atoms with Gasteiger partial charge in [0, 0.05) is 0 Å². The van der Waals surface area contributed by atoms with Gasteiger partial charge in [0.05, 0.1) is 28.1 Å². The zero-order valence-electron chi connectivity index (χ0n) is 14.9. The third-order valence-corrected chi connectivity index (χ3v) is 5.00. The van der Waals surface area contributed by atoms with Crippen molar-refractivity contribution in [1.29, 1.82) is 0 Å². The number of aromatic nitrogens is 3. The van der Waals surface area contributed by atoms with E-state index in [1.54, 1.807) is 12.3 Å².